The summed E-state index contributed by atoms with van der Waals surface area (Å²) in [6, 6.07) is 5.92. The van der Waals surface area contributed by atoms with Crippen LogP contribution in [0.3, 0.4) is 0 Å². The predicted octanol–water partition coefficient (Wildman–Crippen LogP) is 3.23. The maximum Gasteiger partial charge on any atom is 0.266 e. The molecule has 0 N–H and O–H groups in total. The third-order valence-electron chi connectivity index (χ3n) is 6.54. The molecule has 0 bridgehead atoms. The molecule has 0 radical (unpaired) electrons. The highest BCUT2D eigenvalue weighted by atomic mass is 16.5. The normalized spacial score (nSPS) is 26.7. The minimum absolute atomic E-state index is 0.0839. The summed E-state index contributed by atoms with van der Waals surface area (Å²) < 4.78 is 12.5. The average molecular weight is 401 g/mol. The van der Waals surface area contributed by atoms with Crippen molar-refractivity contribution in [3.63, 3.8) is 0 Å². The Kier molecular flexibility index (Phi) is 4.88. The molecule has 6 nitrogen and oxygen atoms in total. The van der Waals surface area contributed by atoms with E-state index in [1.807, 2.05) is 36.6 Å². The van der Waals surface area contributed by atoms with Crippen LogP contribution in [0.15, 0.2) is 18.2 Å². The van der Waals surface area contributed by atoms with Crippen molar-refractivity contribution in [3.05, 3.63) is 29.3 Å². The van der Waals surface area contributed by atoms with Crippen LogP contribution in [0.1, 0.15) is 64.0 Å². The molecule has 6 heteroatoms. The Hall–Kier alpha value is -2.08. The minimum atomic E-state index is -1.03. The lowest BCUT2D eigenvalue weighted by molar-refractivity contribution is -0.183. The summed E-state index contributed by atoms with van der Waals surface area (Å²) in [5, 5.41) is 0. The highest BCUT2D eigenvalue weighted by Crippen LogP contribution is 2.45. The number of amides is 2. The third-order valence-corrected chi connectivity index (χ3v) is 6.54. The van der Waals surface area contributed by atoms with Gasteiger partial charge < -0.3 is 19.3 Å². The van der Waals surface area contributed by atoms with Crippen molar-refractivity contribution < 1.29 is 19.1 Å². The first-order valence-corrected chi connectivity index (χ1v) is 10.7. The number of likely N-dealkylation sites (tertiary alicyclic amines) is 1. The number of ether oxygens (including phenoxy) is 2. The van der Waals surface area contributed by atoms with Crippen molar-refractivity contribution in [2.45, 2.75) is 77.2 Å². The fourth-order valence-corrected chi connectivity index (χ4v) is 5.06. The van der Waals surface area contributed by atoms with Crippen molar-refractivity contribution in [3.8, 4) is 5.75 Å². The molecule has 0 aromatic heterocycles. The fourth-order valence-electron chi connectivity index (χ4n) is 5.06. The summed E-state index contributed by atoms with van der Waals surface area (Å²) >= 11 is 0. The average Bonchev–Trinajstić information content (AvgIpc) is 3.13. The Morgan fingerprint density at radius 2 is 2.07 bits per heavy atom. The summed E-state index contributed by atoms with van der Waals surface area (Å²) in [4.78, 5) is 29.8. The van der Waals surface area contributed by atoms with Gasteiger partial charge in [0.2, 0.25) is 5.91 Å². The van der Waals surface area contributed by atoms with E-state index < -0.39 is 11.3 Å². The first kappa shape index (κ1) is 20.2. The van der Waals surface area contributed by atoms with E-state index in [2.05, 4.69) is 26.0 Å². The molecule has 2 amide bonds. The molecule has 3 saturated heterocycles. The van der Waals surface area contributed by atoms with Gasteiger partial charge in [0.05, 0.1) is 19.1 Å². The molecular formula is C23H32N2O4. The van der Waals surface area contributed by atoms with Gasteiger partial charge in [-0.15, -0.1) is 0 Å². The van der Waals surface area contributed by atoms with E-state index in [9.17, 15) is 9.59 Å². The van der Waals surface area contributed by atoms with E-state index in [-0.39, 0.29) is 17.9 Å². The maximum atomic E-state index is 13.6. The molecule has 4 rings (SSSR count). The molecule has 3 aliphatic rings. The number of carbonyl (C=O) groups is 2. The Morgan fingerprint density at radius 1 is 1.31 bits per heavy atom. The van der Waals surface area contributed by atoms with E-state index >= 15 is 0 Å². The van der Waals surface area contributed by atoms with Gasteiger partial charge >= 0.3 is 0 Å². The number of carbonyl (C=O) groups excluding carboxylic acids is 2. The zero-order chi connectivity index (χ0) is 21.0. The number of nitrogens with zero attached hydrogens (tertiary/aromatic N) is 2. The van der Waals surface area contributed by atoms with E-state index in [0.717, 1.165) is 29.8 Å². The standard InChI is InChI=1S/C23H32N2O4/c1-15(2)17-8-7-16(3)13-18(17)29-22(4,5)21(27)24-11-9-23-19(24)14-20(26)25(23)10-6-12-28-23/h7-8,13,15,19H,6,9-12,14H2,1-5H3/t19-,23+/m1/s1. The van der Waals surface area contributed by atoms with E-state index in [0.29, 0.717) is 31.9 Å². The fraction of sp³-hybridized carbons (Fsp3) is 0.652. The van der Waals surface area contributed by atoms with Gasteiger partial charge in [0.25, 0.3) is 5.91 Å². The molecule has 2 atom stereocenters. The second kappa shape index (κ2) is 7.01. The lowest BCUT2D eigenvalue weighted by Gasteiger charge is -2.42. The molecule has 158 valence electrons. The van der Waals surface area contributed by atoms with Crippen molar-refractivity contribution in [1.29, 1.82) is 0 Å². The summed E-state index contributed by atoms with van der Waals surface area (Å²) in [6.07, 6.45) is 1.87. The van der Waals surface area contributed by atoms with Crippen molar-refractivity contribution in [2.75, 3.05) is 19.7 Å². The second-order valence-electron chi connectivity index (χ2n) is 9.37. The predicted molar refractivity (Wildman–Crippen MR) is 110 cm³/mol. The summed E-state index contributed by atoms with van der Waals surface area (Å²) in [6.45, 7) is 11.9. The quantitative estimate of drug-likeness (QED) is 0.779. The molecule has 1 aromatic rings. The van der Waals surface area contributed by atoms with Crippen LogP contribution in [-0.2, 0) is 14.3 Å². The number of benzene rings is 1. The van der Waals surface area contributed by atoms with Crippen LogP contribution in [0.25, 0.3) is 0 Å². The molecule has 3 aliphatic heterocycles. The van der Waals surface area contributed by atoms with Crippen LogP contribution in [0.5, 0.6) is 5.75 Å². The number of hydrogen-bond acceptors (Lipinski definition) is 4. The van der Waals surface area contributed by atoms with E-state index in [1.165, 1.54) is 0 Å². The van der Waals surface area contributed by atoms with E-state index in [4.69, 9.17) is 9.47 Å². The van der Waals surface area contributed by atoms with Gasteiger partial charge in [-0.05, 0) is 50.3 Å². The lowest BCUT2D eigenvalue weighted by Crippen LogP contribution is -2.58. The van der Waals surface area contributed by atoms with Gasteiger partial charge in [-0.1, -0.05) is 26.0 Å². The van der Waals surface area contributed by atoms with Crippen LogP contribution in [0.2, 0.25) is 0 Å². The van der Waals surface area contributed by atoms with Gasteiger partial charge in [-0.3, -0.25) is 9.59 Å². The number of hydrogen-bond donors (Lipinski definition) is 0. The van der Waals surface area contributed by atoms with Gasteiger partial charge in [0.1, 0.15) is 5.75 Å². The molecule has 29 heavy (non-hydrogen) atoms. The Morgan fingerprint density at radius 3 is 2.79 bits per heavy atom. The summed E-state index contributed by atoms with van der Waals surface area (Å²) in [5.74, 6) is 1.06. The Labute approximate surface area is 173 Å². The molecule has 1 spiro atoms. The number of rotatable bonds is 4. The molecule has 3 heterocycles. The molecule has 1 aromatic carbocycles. The molecule has 0 saturated carbocycles. The van der Waals surface area contributed by atoms with Gasteiger partial charge in [-0.2, -0.15) is 0 Å². The van der Waals surface area contributed by atoms with Gasteiger partial charge in [-0.25, -0.2) is 0 Å². The lowest BCUT2D eigenvalue weighted by atomic mass is 9.99. The number of aryl methyl sites for hydroxylation is 1. The van der Waals surface area contributed by atoms with Crippen LogP contribution < -0.4 is 4.74 Å². The summed E-state index contributed by atoms with van der Waals surface area (Å²) in [5.41, 5.74) is 0.523. The van der Waals surface area contributed by atoms with Crippen LogP contribution >= 0.6 is 0 Å². The molecular weight excluding hydrogens is 368 g/mol. The maximum absolute atomic E-state index is 13.6. The van der Waals surface area contributed by atoms with Crippen molar-refractivity contribution in [2.24, 2.45) is 0 Å². The van der Waals surface area contributed by atoms with Crippen molar-refractivity contribution >= 4 is 11.8 Å². The first-order valence-electron chi connectivity index (χ1n) is 10.7. The Balaban J connectivity index is 1.58. The monoisotopic (exact) mass is 400 g/mol. The van der Waals surface area contributed by atoms with Crippen LogP contribution in [0.4, 0.5) is 0 Å². The van der Waals surface area contributed by atoms with Gasteiger partial charge in [0, 0.05) is 19.5 Å². The topological polar surface area (TPSA) is 59.1 Å². The third kappa shape index (κ3) is 3.21. The molecule has 3 fully saturated rings. The zero-order valence-electron chi connectivity index (χ0n) is 18.2. The highest BCUT2D eigenvalue weighted by Gasteiger charge is 2.62. The zero-order valence-corrected chi connectivity index (χ0v) is 18.2. The minimum Gasteiger partial charge on any atom is -0.478 e. The highest BCUT2D eigenvalue weighted by molar-refractivity contribution is 5.88. The molecule has 0 aliphatic carbocycles. The van der Waals surface area contributed by atoms with Crippen LogP contribution in [-0.4, -0.2) is 58.7 Å². The molecule has 0 unspecified atom stereocenters. The summed E-state index contributed by atoms with van der Waals surface area (Å²) in [7, 11) is 0. The SMILES string of the molecule is Cc1ccc(C(C)C)c(OC(C)(C)C(=O)N2CC[C@@]34OCCCN3C(=O)C[C@@H]24)c1. The largest absolute Gasteiger partial charge is 0.478 e. The van der Waals surface area contributed by atoms with Gasteiger partial charge in [0.15, 0.2) is 11.3 Å². The Bertz CT molecular complexity index is 834. The smallest absolute Gasteiger partial charge is 0.266 e. The first-order chi connectivity index (χ1) is 13.7. The van der Waals surface area contributed by atoms with Crippen LogP contribution in [0, 0.1) is 6.92 Å². The van der Waals surface area contributed by atoms with Crippen molar-refractivity contribution in [1.82, 2.24) is 9.80 Å². The second-order valence-corrected chi connectivity index (χ2v) is 9.37. The van der Waals surface area contributed by atoms with E-state index in [1.54, 1.807) is 0 Å².